The summed E-state index contributed by atoms with van der Waals surface area (Å²) in [6.07, 6.45) is 5.02. The second-order valence-corrected chi connectivity index (χ2v) is 5.49. The van der Waals surface area contributed by atoms with Gasteiger partial charge in [0.2, 0.25) is 0 Å². The topological polar surface area (TPSA) is 72.2 Å². The number of pyridine rings is 2. The van der Waals surface area contributed by atoms with Crippen LogP contribution in [-0.2, 0) is 0 Å². The van der Waals surface area contributed by atoms with Crippen LogP contribution in [0.3, 0.4) is 0 Å². The van der Waals surface area contributed by atoms with Crippen molar-refractivity contribution < 1.29 is 4.79 Å². The third-order valence-electron chi connectivity index (χ3n) is 3.04. The lowest BCUT2D eigenvalue weighted by molar-refractivity contribution is 0.0937. The van der Waals surface area contributed by atoms with E-state index in [1.165, 1.54) is 6.20 Å². The molecule has 0 saturated heterocycles. The Bertz CT molecular complexity index is 801. The molecule has 0 radical (unpaired) electrons. The largest absolute Gasteiger partial charge is 0.342 e. The highest BCUT2D eigenvalue weighted by molar-refractivity contribution is 9.10. The first-order chi connectivity index (χ1) is 10.1. The van der Waals surface area contributed by atoms with Gasteiger partial charge in [-0.2, -0.15) is 0 Å². The first kappa shape index (κ1) is 13.7. The normalized spacial score (nSPS) is 12.3. The van der Waals surface area contributed by atoms with Crippen LogP contribution in [-0.4, -0.2) is 25.5 Å². The Labute approximate surface area is 129 Å². The highest BCUT2D eigenvalue weighted by Gasteiger charge is 2.16. The molecule has 0 fully saturated rings. The summed E-state index contributed by atoms with van der Waals surface area (Å²) < 4.78 is 2.61. The summed E-state index contributed by atoms with van der Waals surface area (Å²) >= 11 is 3.30. The van der Waals surface area contributed by atoms with Gasteiger partial charge < -0.3 is 5.32 Å². The molecule has 1 N–H and O–H groups in total. The monoisotopic (exact) mass is 345 g/mol. The van der Waals surface area contributed by atoms with Crippen molar-refractivity contribution in [3.63, 3.8) is 0 Å². The van der Waals surface area contributed by atoms with Gasteiger partial charge in [0, 0.05) is 23.1 Å². The van der Waals surface area contributed by atoms with Gasteiger partial charge in [-0.1, -0.05) is 6.07 Å². The number of rotatable bonds is 3. The second kappa shape index (κ2) is 5.61. The van der Waals surface area contributed by atoms with E-state index in [1.54, 1.807) is 12.3 Å². The van der Waals surface area contributed by atoms with E-state index in [9.17, 15) is 4.79 Å². The van der Waals surface area contributed by atoms with E-state index >= 15 is 0 Å². The van der Waals surface area contributed by atoms with Crippen molar-refractivity contribution >= 4 is 27.5 Å². The number of nitrogens with one attached hydrogen (secondary N) is 1. The molecule has 0 aromatic carbocycles. The zero-order valence-corrected chi connectivity index (χ0v) is 12.8. The van der Waals surface area contributed by atoms with Crippen LogP contribution >= 0.6 is 15.9 Å². The lowest BCUT2D eigenvalue weighted by Crippen LogP contribution is -2.28. The molecule has 7 heteroatoms. The van der Waals surface area contributed by atoms with Crippen LogP contribution in [0.1, 0.15) is 29.1 Å². The summed E-state index contributed by atoms with van der Waals surface area (Å²) in [6, 6.07) is 7.10. The van der Waals surface area contributed by atoms with Gasteiger partial charge in [0.25, 0.3) is 5.91 Å². The van der Waals surface area contributed by atoms with Crippen molar-refractivity contribution in [1.29, 1.82) is 0 Å². The maximum absolute atomic E-state index is 12.2. The van der Waals surface area contributed by atoms with E-state index in [1.807, 2.05) is 35.7 Å². The number of amides is 1. The predicted molar refractivity (Wildman–Crippen MR) is 80.8 cm³/mol. The second-order valence-electron chi connectivity index (χ2n) is 4.57. The van der Waals surface area contributed by atoms with E-state index in [0.717, 1.165) is 10.1 Å². The van der Waals surface area contributed by atoms with Crippen molar-refractivity contribution in [2.24, 2.45) is 0 Å². The molecule has 1 atom stereocenters. The molecule has 21 heavy (non-hydrogen) atoms. The molecule has 6 nitrogen and oxygen atoms in total. The fourth-order valence-corrected chi connectivity index (χ4v) is 2.40. The van der Waals surface area contributed by atoms with Crippen molar-refractivity contribution in [2.75, 3.05) is 0 Å². The highest BCUT2D eigenvalue weighted by Crippen LogP contribution is 2.14. The lowest BCUT2D eigenvalue weighted by atomic mass is 10.2. The molecule has 0 aliphatic rings. The number of nitrogens with zero attached hydrogens (tertiary/aromatic N) is 4. The van der Waals surface area contributed by atoms with Crippen molar-refractivity contribution in [3.05, 3.63) is 58.7 Å². The number of aromatic nitrogens is 4. The van der Waals surface area contributed by atoms with E-state index in [2.05, 4.69) is 36.4 Å². The Morgan fingerprint density at radius 3 is 3.00 bits per heavy atom. The van der Waals surface area contributed by atoms with Gasteiger partial charge in [0.15, 0.2) is 11.5 Å². The third kappa shape index (κ3) is 2.78. The number of carbonyl (C=O) groups excluding carboxylic acids is 1. The van der Waals surface area contributed by atoms with Gasteiger partial charge in [-0.3, -0.25) is 14.2 Å². The molecule has 0 aliphatic heterocycles. The van der Waals surface area contributed by atoms with Crippen LogP contribution < -0.4 is 5.32 Å². The van der Waals surface area contributed by atoms with Crippen LogP contribution in [0.2, 0.25) is 0 Å². The minimum Gasteiger partial charge on any atom is -0.342 e. The van der Waals surface area contributed by atoms with Crippen LogP contribution in [0.25, 0.3) is 5.65 Å². The van der Waals surface area contributed by atoms with Gasteiger partial charge in [0.1, 0.15) is 0 Å². The Kier molecular flexibility index (Phi) is 3.66. The summed E-state index contributed by atoms with van der Waals surface area (Å²) in [6.45, 7) is 1.87. The molecule has 0 bridgehead atoms. The Balaban J connectivity index is 1.83. The minimum absolute atomic E-state index is 0.205. The molecular weight excluding hydrogens is 334 g/mol. The first-order valence-electron chi connectivity index (χ1n) is 6.36. The molecule has 3 aromatic heterocycles. The number of halogens is 1. The molecule has 0 saturated carbocycles. The van der Waals surface area contributed by atoms with Gasteiger partial charge in [-0.05, 0) is 41.1 Å². The average Bonchev–Trinajstić information content (AvgIpc) is 2.91. The fourth-order valence-electron chi connectivity index (χ4n) is 2.04. The first-order valence-corrected chi connectivity index (χ1v) is 7.15. The van der Waals surface area contributed by atoms with Gasteiger partial charge >= 0.3 is 0 Å². The molecule has 3 aromatic rings. The molecule has 3 heterocycles. The van der Waals surface area contributed by atoms with E-state index < -0.39 is 0 Å². The highest BCUT2D eigenvalue weighted by atomic mass is 79.9. The fraction of sp³-hybridized carbons (Fsp3) is 0.143. The molecule has 0 spiro atoms. The maximum Gasteiger partial charge on any atom is 0.253 e. The summed E-state index contributed by atoms with van der Waals surface area (Å²) in [4.78, 5) is 16.2. The average molecular weight is 346 g/mol. The predicted octanol–water partition coefficient (Wildman–Crippen LogP) is 2.38. The van der Waals surface area contributed by atoms with Crippen LogP contribution in [0.5, 0.6) is 0 Å². The number of hydrogen-bond acceptors (Lipinski definition) is 4. The van der Waals surface area contributed by atoms with Crippen molar-refractivity contribution in [3.8, 4) is 0 Å². The van der Waals surface area contributed by atoms with E-state index in [-0.39, 0.29) is 11.9 Å². The summed E-state index contributed by atoms with van der Waals surface area (Å²) in [7, 11) is 0. The Morgan fingerprint density at radius 1 is 1.33 bits per heavy atom. The molecule has 1 unspecified atom stereocenters. The SMILES string of the molecule is CC(NC(=O)c1cncc(Br)c1)c1nnc2ccccn12. The summed E-state index contributed by atoms with van der Waals surface area (Å²) in [5.41, 5.74) is 1.24. The minimum atomic E-state index is -0.270. The zero-order chi connectivity index (χ0) is 14.8. The summed E-state index contributed by atoms with van der Waals surface area (Å²) in [5, 5.41) is 11.1. The van der Waals surface area contributed by atoms with Gasteiger partial charge in [-0.15, -0.1) is 10.2 Å². The molecule has 1 amide bonds. The Hall–Kier alpha value is -2.28. The van der Waals surface area contributed by atoms with E-state index in [0.29, 0.717) is 11.4 Å². The maximum atomic E-state index is 12.2. The molecule has 3 rings (SSSR count). The Morgan fingerprint density at radius 2 is 2.19 bits per heavy atom. The number of hydrogen-bond donors (Lipinski definition) is 1. The molecule has 0 aliphatic carbocycles. The van der Waals surface area contributed by atoms with Crippen LogP contribution in [0.15, 0.2) is 47.3 Å². The van der Waals surface area contributed by atoms with Gasteiger partial charge in [-0.25, -0.2) is 0 Å². The number of carbonyl (C=O) groups is 1. The third-order valence-corrected chi connectivity index (χ3v) is 3.48. The molecular formula is C14H12BrN5O. The lowest BCUT2D eigenvalue weighted by Gasteiger charge is -2.12. The van der Waals surface area contributed by atoms with Crippen molar-refractivity contribution in [2.45, 2.75) is 13.0 Å². The van der Waals surface area contributed by atoms with Crippen molar-refractivity contribution in [1.82, 2.24) is 24.9 Å². The summed E-state index contributed by atoms with van der Waals surface area (Å²) in [5.74, 6) is 0.478. The number of fused-ring (bicyclic) bond motifs is 1. The smallest absolute Gasteiger partial charge is 0.253 e. The molecule has 106 valence electrons. The van der Waals surface area contributed by atoms with Crippen LogP contribution in [0.4, 0.5) is 0 Å². The van der Waals surface area contributed by atoms with Gasteiger partial charge in [0.05, 0.1) is 11.6 Å². The van der Waals surface area contributed by atoms with E-state index in [4.69, 9.17) is 0 Å². The standard InChI is InChI=1S/C14H12BrN5O/c1-9(13-19-18-12-4-2-3-5-20(12)13)17-14(21)10-6-11(15)8-16-7-10/h2-9H,1H3,(H,17,21). The van der Waals surface area contributed by atoms with Crippen LogP contribution in [0, 0.1) is 0 Å². The zero-order valence-electron chi connectivity index (χ0n) is 11.2. The quantitative estimate of drug-likeness (QED) is 0.790.